The number of nitrogens with two attached hydrogens (primary N) is 1. The fourth-order valence-corrected chi connectivity index (χ4v) is 2.17. The summed E-state index contributed by atoms with van der Waals surface area (Å²) in [5.74, 6) is -0.988. The van der Waals surface area contributed by atoms with Crippen molar-refractivity contribution in [1.29, 1.82) is 0 Å². The molecule has 0 fully saturated rings. The van der Waals surface area contributed by atoms with Crippen molar-refractivity contribution in [1.82, 2.24) is 0 Å². The van der Waals surface area contributed by atoms with Crippen LogP contribution in [-0.2, 0) is 9.09 Å². The summed E-state index contributed by atoms with van der Waals surface area (Å²) in [5, 5.41) is 0. The molecule has 1 unspecified atom stereocenters. The van der Waals surface area contributed by atoms with Crippen LogP contribution in [0.5, 0.6) is 5.75 Å². The summed E-state index contributed by atoms with van der Waals surface area (Å²) < 4.78 is 20.6. The largest absolute Gasteiger partial charge is 0.736 e. The number of hydrogen-bond acceptors (Lipinski definition) is 6. The lowest BCUT2D eigenvalue weighted by Crippen LogP contribution is -2.15. The van der Waals surface area contributed by atoms with E-state index in [0.29, 0.717) is 5.69 Å². The maximum atomic E-state index is 11.7. The second-order valence-corrected chi connectivity index (χ2v) is 5.12. The van der Waals surface area contributed by atoms with Crippen LogP contribution < -0.4 is 15.2 Å². The van der Waals surface area contributed by atoms with Gasteiger partial charge in [0, 0.05) is 5.69 Å². The van der Waals surface area contributed by atoms with Crippen molar-refractivity contribution in [3.63, 3.8) is 0 Å². The lowest BCUT2D eigenvalue weighted by atomic mass is 10.2. The van der Waals surface area contributed by atoms with Gasteiger partial charge in [-0.15, -0.1) is 0 Å². The average Bonchev–Trinajstić information content (AvgIpc) is 2.38. The van der Waals surface area contributed by atoms with E-state index in [0.717, 1.165) is 0 Å². The maximum Gasteiger partial charge on any atom is 0.374 e. The van der Waals surface area contributed by atoms with Gasteiger partial charge in [-0.2, -0.15) is 0 Å². The molecule has 0 saturated carbocycles. The Kier molecular flexibility index (Phi) is 4.08. The quantitative estimate of drug-likeness (QED) is 0.682. The normalized spacial score (nSPS) is 13.2. The number of anilines is 1. The van der Waals surface area contributed by atoms with Gasteiger partial charge in [0.15, 0.2) is 0 Å². The van der Waals surface area contributed by atoms with E-state index in [-0.39, 0.29) is 11.3 Å². The van der Waals surface area contributed by atoms with Gasteiger partial charge in [0.1, 0.15) is 5.75 Å². The van der Waals surface area contributed by atoms with Crippen molar-refractivity contribution >= 4 is 19.5 Å². The summed E-state index contributed by atoms with van der Waals surface area (Å²) in [6.07, 6.45) is 0. The van der Waals surface area contributed by atoms with E-state index in [9.17, 15) is 14.3 Å². The molecule has 0 aliphatic rings. The van der Waals surface area contributed by atoms with E-state index in [1.54, 1.807) is 24.3 Å². The van der Waals surface area contributed by atoms with Crippen molar-refractivity contribution in [3.05, 3.63) is 60.2 Å². The summed E-state index contributed by atoms with van der Waals surface area (Å²) in [6.45, 7) is 0. The van der Waals surface area contributed by atoms with Crippen molar-refractivity contribution < 1.29 is 23.3 Å². The molecule has 2 N–H and O–H groups in total. The number of nitrogen functional groups attached to an aromatic ring is 1. The van der Waals surface area contributed by atoms with Crippen LogP contribution in [-0.4, -0.2) is 5.97 Å². The Morgan fingerprint density at radius 3 is 2.45 bits per heavy atom. The molecule has 0 heterocycles. The molecule has 2 aromatic rings. The van der Waals surface area contributed by atoms with Crippen LogP contribution in [0.4, 0.5) is 5.69 Å². The average molecular weight is 292 g/mol. The Balaban J connectivity index is 2.08. The van der Waals surface area contributed by atoms with Crippen LogP contribution in [0.1, 0.15) is 10.4 Å². The number of hydrogen-bond donors (Lipinski definition) is 1. The zero-order chi connectivity index (χ0) is 14.6. The van der Waals surface area contributed by atoms with Gasteiger partial charge in [0.25, 0.3) is 0 Å². The van der Waals surface area contributed by atoms with E-state index < -0.39 is 13.8 Å². The highest BCUT2D eigenvalue weighted by atomic mass is 31.2. The van der Waals surface area contributed by atoms with Gasteiger partial charge < -0.3 is 19.7 Å². The molecule has 0 aromatic heterocycles. The second-order valence-electron chi connectivity index (χ2n) is 3.86. The third-order valence-electron chi connectivity index (χ3n) is 2.28. The van der Waals surface area contributed by atoms with Crippen molar-refractivity contribution in [3.8, 4) is 5.75 Å². The monoisotopic (exact) mass is 292 g/mol. The highest BCUT2D eigenvalue weighted by Gasteiger charge is 2.18. The first-order valence-corrected chi connectivity index (χ1v) is 7.07. The van der Waals surface area contributed by atoms with Gasteiger partial charge in [-0.05, 0) is 30.3 Å². The number of benzene rings is 2. The Hall–Kier alpha value is -2.30. The number of carbonyl (C=O) groups is 1. The molecular formula is C13H11NO5P-. The van der Waals surface area contributed by atoms with Gasteiger partial charge in [-0.3, -0.25) is 0 Å². The predicted molar refractivity (Wildman–Crippen MR) is 70.9 cm³/mol. The zero-order valence-electron chi connectivity index (χ0n) is 10.3. The van der Waals surface area contributed by atoms with Gasteiger partial charge in [0.05, 0.1) is 5.56 Å². The first-order valence-electron chi connectivity index (χ1n) is 5.61. The lowest BCUT2D eigenvalue weighted by molar-refractivity contribution is -0.211. The van der Waals surface area contributed by atoms with Gasteiger partial charge in [-0.1, -0.05) is 24.3 Å². The van der Waals surface area contributed by atoms with Gasteiger partial charge in [-0.25, -0.2) is 9.36 Å². The van der Waals surface area contributed by atoms with Crippen LogP contribution in [0.2, 0.25) is 0 Å². The lowest BCUT2D eigenvalue weighted by Gasteiger charge is -2.22. The SMILES string of the molecule is Nc1cccc(C(=O)OP(=O)([O-])Oc2ccccc2)c1. The summed E-state index contributed by atoms with van der Waals surface area (Å²) in [7, 11) is -4.79. The molecule has 104 valence electrons. The molecule has 20 heavy (non-hydrogen) atoms. The number of rotatable bonds is 4. The molecule has 0 aliphatic carbocycles. The van der Waals surface area contributed by atoms with E-state index in [1.807, 2.05) is 0 Å². The van der Waals surface area contributed by atoms with Crippen molar-refractivity contribution in [2.24, 2.45) is 0 Å². The number of carbonyl (C=O) groups excluding carboxylic acids is 1. The Morgan fingerprint density at radius 2 is 1.80 bits per heavy atom. The highest BCUT2D eigenvalue weighted by Crippen LogP contribution is 2.40. The van der Waals surface area contributed by atoms with E-state index in [2.05, 4.69) is 9.05 Å². The highest BCUT2D eigenvalue weighted by molar-refractivity contribution is 7.47. The molecule has 0 bridgehead atoms. The minimum atomic E-state index is -4.79. The molecule has 0 radical (unpaired) electrons. The second kappa shape index (κ2) is 5.77. The van der Waals surface area contributed by atoms with Crippen molar-refractivity contribution in [2.75, 3.05) is 5.73 Å². The van der Waals surface area contributed by atoms with Crippen LogP contribution in [0, 0.1) is 0 Å². The number of phosphoric ester groups is 1. The Morgan fingerprint density at radius 1 is 1.10 bits per heavy atom. The minimum absolute atomic E-state index is 0.0257. The smallest absolute Gasteiger partial charge is 0.374 e. The molecule has 1 atom stereocenters. The predicted octanol–water partition coefficient (Wildman–Crippen LogP) is 1.97. The summed E-state index contributed by atoms with van der Waals surface area (Å²) >= 11 is 0. The van der Waals surface area contributed by atoms with Crippen molar-refractivity contribution in [2.45, 2.75) is 0 Å². The van der Waals surface area contributed by atoms with Crippen LogP contribution in [0.3, 0.4) is 0 Å². The van der Waals surface area contributed by atoms with Crippen LogP contribution in [0.15, 0.2) is 54.6 Å². The topological polar surface area (TPSA) is 102 Å². The van der Waals surface area contributed by atoms with E-state index in [4.69, 9.17) is 5.73 Å². The first-order chi connectivity index (χ1) is 9.46. The third kappa shape index (κ3) is 3.85. The Bertz CT molecular complexity index is 659. The third-order valence-corrected chi connectivity index (χ3v) is 3.10. The molecule has 7 heteroatoms. The Labute approximate surface area is 115 Å². The van der Waals surface area contributed by atoms with Crippen LogP contribution in [0.25, 0.3) is 0 Å². The molecule has 0 amide bonds. The van der Waals surface area contributed by atoms with E-state index in [1.165, 1.54) is 30.3 Å². The van der Waals surface area contributed by atoms with E-state index >= 15 is 0 Å². The van der Waals surface area contributed by atoms with Gasteiger partial charge >= 0.3 is 13.8 Å². The minimum Gasteiger partial charge on any atom is -0.736 e. The number of para-hydroxylation sites is 1. The fourth-order valence-electron chi connectivity index (χ4n) is 1.45. The molecular weight excluding hydrogens is 281 g/mol. The maximum absolute atomic E-state index is 11.7. The first kappa shape index (κ1) is 14.1. The summed E-state index contributed by atoms with van der Waals surface area (Å²) in [5.41, 5.74) is 5.85. The fraction of sp³-hybridized carbons (Fsp3) is 0. The number of phosphoric acid groups is 1. The molecule has 2 aromatic carbocycles. The van der Waals surface area contributed by atoms with Gasteiger partial charge in [0.2, 0.25) is 0 Å². The molecule has 0 aliphatic heterocycles. The standard InChI is InChI=1S/C13H12NO5P/c14-11-6-4-5-10(9-11)13(15)19-20(16,17)18-12-7-2-1-3-8-12/h1-9H,14H2,(H,16,17)/p-1. The summed E-state index contributed by atoms with van der Waals surface area (Å²) in [6, 6.07) is 13.5. The molecule has 6 nitrogen and oxygen atoms in total. The molecule has 0 spiro atoms. The van der Waals surface area contributed by atoms with Crippen LogP contribution >= 0.6 is 7.82 Å². The zero-order valence-corrected chi connectivity index (χ0v) is 11.2. The molecule has 2 rings (SSSR count). The summed E-state index contributed by atoms with van der Waals surface area (Å²) in [4.78, 5) is 23.3. The molecule has 0 saturated heterocycles.